The van der Waals surface area contributed by atoms with Crippen LogP contribution in [0.5, 0.6) is 0 Å². The van der Waals surface area contributed by atoms with Gasteiger partial charge in [-0.3, -0.25) is 9.59 Å². The van der Waals surface area contributed by atoms with Crippen LogP contribution in [0.4, 0.5) is 4.39 Å². The van der Waals surface area contributed by atoms with Crippen LogP contribution in [0.1, 0.15) is 32.3 Å². The molecule has 0 unspecified atom stereocenters. The van der Waals surface area contributed by atoms with Gasteiger partial charge in [-0.25, -0.2) is 9.18 Å². The fraction of sp³-hybridized carbons (Fsp3) is 0.526. The molecule has 1 heterocycles. The van der Waals surface area contributed by atoms with Crippen molar-refractivity contribution in [3.63, 3.8) is 0 Å². The van der Waals surface area contributed by atoms with E-state index in [1.165, 1.54) is 33.1 Å². The van der Waals surface area contributed by atoms with E-state index in [0.717, 1.165) is 6.42 Å². The second-order valence-electron chi connectivity index (χ2n) is 6.71. The van der Waals surface area contributed by atoms with Crippen molar-refractivity contribution in [3.8, 4) is 0 Å². The topological polar surface area (TPSA) is 93.7 Å². The molecule has 2 N–H and O–H groups in total. The summed E-state index contributed by atoms with van der Waals surface area (Å²) in [6, 6.07) is 4.92. The molecule has 27 heavy (non-hydrogen) atoms. The van der Waals surface area contributed by atoms with Gasteiger partial charge >= 0.3 is 11.9 Å². The third-order valence-electron chi connectivity index (χ3n) is 4.64. The summed E-state index contributed by atoms with van der Waals surface area (Å²) in [7, 11) is 1.19. The van der Waals surface area contributed by atoms with Gasteiger partial charge in [0.2, 0.25) is 5.91 Å². The van der Waals surface area contributed by atoms with Crippen LogP contribution >= 0.6 is 0 Å². The Morgan fingerprint density at radius 1 is 1.37 bits per heavy atom. The molecule has 7 nitrogen and oxygen atoms in total. The molecule has 0 radical (unpaired) electrons. The summed E-state index contributed by atoms with van der Waals surface area (Å²) in [6.45, 7) is 3.35. The normalized spacial score (nSPS) is 21.2. The molecule has 1 aliphatic rings. The summed E-state index contributed by atoms with van der Waals surface area (Å²) < 4.78 is 23.3. The van der Waals surface area contributed by atoms with Gasteiger partial charge in [0.15, 0.2) is 6.04 Å². The SMILES string of the molecule is COC(=O)[C@H](NC(=O)[C@]1(Cc2cccc(F)c2)CCCN1)[C@@H](C)OC(C)=O. The molecular formula is C19H25FN2O5. The molecule has 0 bridgehead atoms. The molecule has 8 heteroatoms. The van der Waals surface area contributed by atoms with Crippen LogP contribution in [0.3, 0.4) is 0 Å². The predicted octanol–water partition coefficient (Wildman–Crippen LogP) is 1.10. The number of methoxy groups -OCH3 is 1. The van der Waals surface area contributed by atoms with Crippen LogP contribution in [0.2, 0.25) is 0 Å². The number of ether oxygens (including phenoxy) is 2. The van der Waals surface area contributed by atoms with E-state index in [1.54, 1.807) is 12.1 Å². The molecule has 1 saturated heterocycles. The summed E-state index contributed by atoms with van der Waals surface area (Å²) >= 11 is 0. The summed E-state index contributed by atoms with van der Waals surface area (Å²) in [4.78, 5) is 36.4. The van der Waals surface area contributed by atoms with Crippen molar-refractivity contribution < 1.29 is 28.2 Å². The molecule has 0 spiro atoms. The largest absolute Gasteiger partial charge is 0.467 e. The van der Waals surface area contributed by atoms with Gasteiger partial charge in [0.1, 0.15) is 17.5 Å². The number of benzene rings is 1. The van der Waals surface area contributed by atoms with Crippen LogP contribution in [0.15, 0.2) is 24.3 Å². The minimum Gasteiger partial charge on any atom is -0.467 e. The summed E-state index contributed by atoms with van der Waals surface area (Å²) in [5.41, 5.74) is -0.307. The van der Waals surface area contributed by atoms with Gasteiger partial charge in [-0.05, 0) is 50.4 Å². The Morgan fingerprint density at radius 2 is 2.11 bits per heavy atom. The summed E-state index contributed by atoms with van der Waals surface area (Å²) in [5, 5.41) is 5.83. The van der Waals surface area contributed by atoms with E-state index >= 15 is 0 Å². The second-order valence-corrected chi connectivity index (χ2v) is 6.71. The third kappa shape index (κ3) is 5.26. The van der Waals surface area contributed by atoms with Gasteiger partial charge in [0, 0.05) is 6.92 Å². The van der Waals surface area contributed by atoms with Crippen molar-refractivity contribution in [2.24, 2.45) is 0 Å². The predicted molar refractivity (Wildman–Crippen MR) is 95.2 cm³/mol. The Kier molecular flexibility index (Phi) is 6.90. The van der Waals surface area contributed by atoms with Gasteiger partial charge in [-0.15, -0.1) is 0 Å². The number of halogens is 1. The standard InChI is InChI=1S/C19H25FN2O5/c1-12(27-13(2)23)16(17(24)26-3)22-18(25)19(8-5-9-21-19)11-14-6-4-7-15(20)10-14/h4,6-7,10,12,16,21H,5,8-9,11H2,1-3H3,(H,22,25)/t12-,16-,19-/m1/s1. The Balaban J connectivity index is 2.21. The lowest BCUT2D eigenvalue weighted by Gasteiger charge is -2.31. The van der Waals surface area contributed by atoms with Gasteiger partial charge in [-0.1, -0.05) is 12.1 Å². The molecule has 0 aromatic heterocycles. The highest BCUT2D eigenvalue weighted by atomic mass is 19.1. The molecule has 1 aromatic rings. The van der Waals surface area contributed by atoms with Crippen molar-refractivity contribution in [2.75, 3.05) is 13.7 Å². The average molecular weight is 380 g/mol. The summed E-state index contributed by atoms with van der Waals surface area (Å²) in [6.07, 6.45) is 0.675. The van der Waals surface area contributed by atoms with Gasteiger partial charge < -0.3 is 20.1 Å². The van der Waals surface area contributed by atoms with E-state index in [0.29, 0.717) is 18.5 Å². The maximum Gasteiger partial charge on any atom is 0.332 e. The fourth-order valence-corrected chi connectivity index (χ4v) is 3.33. The Hall–Kier alpha value is -2.48. The Morgan fingerprint density at radius 3 is 2.67 bits per heavy atom. The highest BCUT2D eigenvalue weighted by Crippen LogP contribution is 2.25. The quantitative estimate of drug-likeness (QED) is 0.688. The van der Waals surface area contributed by atoms with E-state index in [1.807, 2.05) is 0 Å². The number of carbonyl (C=O) groups is 3. The van der Waals surface area contributed by atoms with E-state index in [-0.39, 0.29) is 12.2 Å². The fourth-order valence-electron chi connectivity index (χ4n) is 3.33. The first-order valence-corrected chi connectivity index (χ1v) is 8.83. The minimum atomic E-state index is -1.14. The number of nitrogens with one attached hydrogen (secondary N) is 2. The number of carbonyl (C=O) groups excluding carboxylic acids is 3. The molecule has 148 valence electrons. The van der Waals surface area contributed by atoms with Gasteiger partial charge in [0.05, 0.1) is 7.11 Å². The summed E-state index contributed by atoms with van der Waals surface area (Å²) in [5.74, 6) is -2.08. The average Bonchev–Trinajstić information content (AvgIpc) is 3.07. The molecule has 1 aromatic carbocycles. The van der Waals surface area contributed by atoms with E-state index in [4.69, 9.17) is 9.47 Å². The lowest BCUT2D eigenvalue weighted by Crippen LogP contribution is -2.60. The lowest BCUT2D eigenvalue weighted by atomic mass is 9.87. The van der Waals surface area contributed by atoms with Crippen molar-refractivity contribution in [2.45, 2.75) is 50.8 Å². The maximum absolute atomic E-state index is 13.5. The van der Waals surface area contributed by atoms with E-state index < -0.39 is 35.5 Å². The van der Waals surface area contributed by atoms with Crippen LogP contribution in [0.25, 0.3) is 0 Å². The highest BCUT2D eigenvalue weighted by Gasteiger charge is 2.43. The molecule has 0 saturated carbocycles. The molecule has 1 fully saturated rings. The van der Waals surface area contributed by atoms with Crippen molar-refractivity contribution in [1.82, 2.24) is 10.6 Å². The van der Waals surface area contributed by atoms with E-state index in [2.05, 4.69) is 10.6 Å². The van der Waals surface area contributed by atoms with Crippen LogP contribution in [-0.4, -0.2) is 49.2 Å². The van der Waals surface area contributed by atoms with Crippen LogP contribution < -0.4 is 10.6 Å². The number of rotatable bonds is 7. The molecule has 3 atom stereocenters. The van der Waals surface area contributed by atoms with Crippen LogP contribution in [0, 0.1) is 5.82 Å². The maximum atomic E-state index is 13.5. The smallest absolute Gasteiger partial charge is 0.332 e. The Labute approximate surface area is 157 Å². The molecule has 1 amide bonds. The number of amides is 1. The van der Waals surface area contributed by atoms with Crippen molar-refractivity contribution in [3.05, 3.63) is 35.6 Å². The first kappa shape index (κ1) is 20.8. The van der Waals surface area contributed by atoms with Gasteiger partial charge in [0.25, 0.3) is 0 Å². The third-order valence-corrected chi connectivity index (χ3v) is 4.64. The zero-order chi connectivity index (χ0) is 20.0. The van der Waals surface area contributed by atoms with E-state index in [9.17, 15) is 18.8 Å². The first-order chi connectivity index (χ1) is 12.8. The number of hydrogen-bond donors (Lipinski definition) is 2. The highest BCUT2D eigenvalue weighted by molar-refractivity contribution is 5.91. The zero-order valence-electron chi connectivity index (χ0n) is 15.7. The molecular weight excluding hydrogens is 355 g/mol. The minimum absolute atomic E-state index is 0.270. The number of hydrogen-bond acceptors (Lipinski definition) is 6. The van der Waals surface area contributed by atoms with Gasteiger partial charge in [-0.2, -0.15) is 0 Å². The molecule has 2 rings (SSSR count). The second kappa shape index (κ2) is 8.94. The molecule has 1 aliphatic heterocycles. The zero-order valence-corrected chi connectivity index (χ0v) is 15.7. The van der Waals surface area contributed by atoms with Crippen molar-refractivity contribution >= 4 is 17.8 Å². The monoisotopic (exact) mass is 380 g/mol. The van der Waals surface area contributed by atoms with Crippen molar-refractivity contribution in [1.29, 1.82) is 0 Å². The van der Waals surface area contributed by atoms with Crippen LogP contribution in [-0.2, 0) is 30.3 Å². The number of esters is 2. The molecule has 0 aliphatic carbocycles. The lowest BCUT2D eigenvalue weighted by molar-refractivity contribution is -0.156. The Bertz CT molecular complexity index is 703. The first-order valence-electron chi connectivity index (χ1n) is 8.83.